The molecule has 0 atom stereocenters. The predicted molar refractivity (Wildman–Crippen MR) is 144 cm³/mol. The molecule has 1 amide bonds. The summed E-state index contributed by atoms with van der Waals surface area (Å²) in [5.41, 5.74) is 5.53. The summed E-state index contributed by atoms with van der Waals surface area (Å²) in [5, 5.41) is 4.85. The van der Waals surface area contributed by atoms with Crippen LogP contribution in [0, 0.1) is 6.92 Å². The number of para-hydroxylation sites is 1. The molecule has 162 valence electrons. The fourth-order valence-corrected chi connectivity index (χ4v) is 5.27. The standard InChI is InChI=1S/C26H18BrN3OS2/c1-17-10-12-18(13-11-17)24-19(16-29(28-24)21-7-3-2-4-8-21)14-23-25(31)30(26(32)33-23)22-9-5-6-20(27)15-22/h2-16H,1H3/b23-14-. The first-order valence-corrected chi connectivity index (χ1v) is 12.3. The first-order chi connectivity index (χ1) is 16.0. The number of nitrogens with zero attached hydrogens (tertiary/aromatic N) is 3. The van der Waals surface area contributed by atoms with Crippen LogP contribution < -0.4 is 4.90 Å². The van der Waals surface area contributed by atoms with Crippen LogP contribution in [0.5, 0.6) is 0 Å². The molecule has 0 bridgehead atoms. The normalized spacial score (nSPS) is 15.0. The average Bonchev–Trinajstić information content (AvgIpc) is 3.35. The van der Waals surface area contributed by atoms with E-state index in [1.165, 1.54) is 17.3 Å². The van der Waals surface area contributed by atoms with Gasteiger partial charge in [-0.2, -0.15) is 5.10 Å². The summed E-state index contributed by atoms with van der Waals surface area (Å²) in [6.45, 7) is 2.06. The van der Waals surface area contributed by atoms with Crippen LogP contribution in [0.15, 0.2) is 94.4 Å². The number of amides is 1. The molecule has 2 heterocycles. The molecule has 1 aliphatic rings. The Balaban J connectivity index is 1.58. The minimum absolute atomic E-state index is 0.134. The molecule has 3 aromatic carbocycles. The van der Waals surface area contributed by atoms with Gasteiger partial charge in [0.2, 0.25) is 0 Å². The molecule has 0 spiro atoms. The van der Waals surface area contributed by atoms with Gasteiger partial charge in [0.25, 0.3) is 5.91 Å². The van der Waals surface area contributed by atoms with Crippen molar-refractivity contribution in [2.45, 2.75) is 6.92 Å². The SMILES string of the molecule is Cc1ccc(-c2nn(-c3ccccc3)cc2/C=C2\SC(=S)N(c3cccc(Br)c3)C2=O)cc1. The Labute approximate surface area is 210 Å². The highest BCUT2D eigenvalue weighted by molar-refractivity contribution is 9.10. The Kier molecular flexibility index (Phi) is 6.01. The second-order valence-corrected chi connectivity index (χ2v) is 10.2. The molecule has 1 saturated heterocycles. The zero-order chi connectivity index (χ0) is 22.9. The van der Waals surface area contributed by atoms with Crippen LogP contribution in [0.2, 0.25) is 0 Å². The van der Waals surface area contributed by atoms with E-state index in [0.717, 1.165) is 32.7 Å². The number of thioether (sulfide) groups is 1. The first-order valence-electron chi connectivity index (χ1n) is 10.3. The lowest BCUT2D eigenvalue weighted by atomic mass is 10.1. The van der Waals surface area contributed by atoms with E-state index in [9.17, 15) is 4.79 Å². The van der Waals surface area contributed by atoms with Gasteiger partial charge in [-0.1, -0.05) is 94.0 Å². The second kappa shape index (κ2) is 9.09. The number of hydrogen-bond donors (Lipinski definition) is 0. The third kappa shape index (κ3) is 4.44. The van der Waals surface area contributed by atoms with Crippen LogP contribution in [-0.4, -0.2) is 20.0 Å². The van der Waals surface area contributed by atoms with E-state index in [0.29, 0.717) is 9.23 Å². The lowest BCUT2D eigenvalue weighted by Crippen LogP contribution is -2.27. The molecule has 1 aromatic heterocycles. The summed E-state index contributed by atoms with van der Waals surface area (Å²) in [7, 11) is 0. The third-order valence-corrected chi connectivity index (χ3v) is 7.03. The van der Waals surface area contributed by atoms with E-state index in [2.05, 4.69) is 47.1 Å². The molecule has 7 heteroatoms. The molecule has 0 saturated carbocycles. The van der Waals surface area contributed by atoms with Crippen molar-refractivity contribution in [3.05, 3.63) is 106 Å². The van der Waals surface area contributed by atoms with Crippen molar-refractivity contribution < 1.29 is 4.79 Å². The van der Waals surface area contributed by atoms with E-state index in [1.807, 2.05) is 71.6 Å². The molecule has 0 unspecified atom stereocenters. The van der Waals surface area contributed by atoms with Gasteiger partial charge in [0.15, 0.2) is 4.32 Å². The molecular weight excluding hydrogens is 514 g/mol. The monoisotopic (exact) mass is 531 g/mol. The maximum absolute atomic E-state index is 13.3. The highest BCUT2D eigenvalue weighted by Crippen LogP contribution is 2.38. The molecule has 0 aliphatic carbocycles. The van der Waals surface area contributed by atoms with Gasteiger partial charge in [0, 0.05) is 21.8 Å². The van der Waals surface area contributed by atoms with Crippen molar-refractivity contribution in [2.24, 2.45) is 0 Å². The van der Waals surface area contributed by atoms with Crippen LogP contribution in [-0.2, 0) is 4.79 Å². The lowest BCUT2D eigenvalue weighted by molar-refractivity contribution is -0.113. The van der Waals surface area contributed by atoms with Crippen molar-refractivity contribution in [2.75, 3.05) is 4.90 Å². The summed E-state index contributed by atoms with van der Waals surface area (Å²) in [6.07, 6.45) is 3.84. The minimum atomic E-state index is -0.134. The maximum atomic E-state index is 13.3. The fraction of sp³-hybridized carbons (Fsp3) is 0.0385. The summed E-state index contributed by atoms with van der Waals surface area (Å²) in [6, 6.07) is 25.7. The van der Waals surface area contributed by atoms with Crippen LogP contribution >= 0.6 is 39.9 Å². The Morgan fingerprint density at radius 3 is 2.42 bits per heavy atom. The molecule has 1 fully saturated rings. The number of halogens is 1. The van der Waals surface area contributed by atoms with E-state index in [-0.39, 0.29) is 5.91 Å². The number of rotatable bonds is 4. The van der Waals surface area contributed by atoms with Gasteiger partial charge in [0.05, 0.1) is 22.0 Å². The number of hydrogen-bond acceptors (Lipinski definition) is 4. The van der Waals surface area contributed by atoms with Gasteiger partial charge in [-0.15, -0.1) is 0 Å². The highest BCUT2D eigenvalue weighted by atomic mass is 79.9. The number of aryl methyl sites for hydroxylation is 1. The Morgan fingerprint density at radius 1 is 0.970 bits per heavy atom. The average molecular weight is 532 g/mol. The van der Waals surface area contributed by atoms with Gasteiger partial charge in [0.1, 0.15) is 0 Å². The van der Waals surface area contributed by atoms with Crippen LogP contribution in [0.4, 0.5) is 5.69 Å². The molecule has 5 rings (SSSR count). The van der Waals surface area contributed by atoms with Gasteiger partial charge in [-0.05, 0) is 43.3 Å². The van der Waals surface area contributed by atoms with Gasteiger partial charge in [-0.3, -0.25) is 9.69 Å². The summed E-state index contributed by atoms with van der Waals surface area (Å²) >= 11 is 10.3. The largest absolute Gasteiger partial charge is 0.270 e. The number of anilines is 1. The van der Waals surface area contributed by atoms with Gasteiger partial charge >= 0.3 is 0 Å². The van der Waals surface area contributed by atoms with Crippen molar-refractivity contribution in [1.82, 2.24) is 9.78 Å². The lowest BCUT2D eigenvalue weighted by Gasteiger charge is -2.14. The molecule has 0 radical (unpaired) electrons. The quantitative estimate of drug-likeness (QED) is 0.209. The van der Waals surface area contributed by atoms with Crippen molar-refractivity contribution in [3.63, 3.8) is 0 Å². The third-order valence-electron chi connectivity index (χ3n) is 5.23. The van der Waals surface area contributed by atoms with Gasteiger partial charge < -0.3 is 0 Å². The van der Waals surface area contributed by atoms with Gasteiger partial charge in [-0.25, -0.2) is 4.68 Å². The summed E-state index contributed by atoms with van der Waals surface area (Å²) < 4.78 is 3.25. The van der Waals surface area contributed by atoms with Crippen LogP contribution in [0.3, 0.4) is 0 Å². The molecule has 33 heavy (non-hydrogen) atoms. The molecular formula is C26H18BrN3OS2. The first kappa shape index (κ1) is 21.8. The highest BCUT2D eigenvalue weighted by Gasteiger charge is 2.33. The number of carbonyl (C=O) groups is 1. The zero-order valence-corrected chi connectivity index (χ0v) is 20.8. The van der Waals surface area contributed by atoms with Crippen molar-refractivity contribution >= 4 is 61.9 Å². The van der Waals surface area contributed by atoms with E-state index >= 15 is 0 Å². The Bertz CT molecular complexity index is 1390. The fourth-order valence-electron chi connectivity index (χ4n) is 3.59. The van der Waals surface area contributed by atoms with Crippen molar-refractivity contribution in [3.8, 4) is 16.9 Å². The zero-order valence-electron chi connectivity index (χ0n) is 17.6. The molecule has 4 nitrogen and oxygen atoms in total. The summed E-state index contributed by atoms with van der Waals surface area (Å²) in [5.74, 6) is -0.134. The minimum Gasteiger partial charge on any atom is -0.268 e. The molecule has 4 aromatic rings. The number of carbonyl (C=O) groups excluding carboxylic acids is 1. The van der Waals surface area contributed by atoms with Crippen molar-refractivity contribution in [1.29, 1.82) is 0 Å². The smallest absolute Gasteiger partial charge is 0.268 e. The molecule has 1 aliphatic heterocycles. The Morgan fingerprint density at radius 2 is 1.70 bits per heavy atom. The molecule has 0 N–H and O–H groups in total. The second-order valence-electron chi connectivity index (χ2n) is 7.58. The van der Waals surface area contributed by atoms with E-state index in [1.54, 1.807) is 4.90 Å². The predicted octanol–water partition coefficient (Wildman–Crippen LogP) is 7.02. The number of thiocarbonyl (C=S) groups is 1. The number of aromatic nitrogens is 2. The van der Waals surface area contributed by atoms with Crippen LogP contribution in [0.25, 0.3) is 23.0 Å². The topological polar surface area (TPSA) is 38.1 Å². The maximum Gasteiger partial charge on any atom is 0.270 e. The van der Waals surface area contributed by atoms with Crippen LogP contribution in [0.1, 0.15) is 11.1 Å². The summed E-state index contributed by atoms with van der Waals surface area (Å²) in [4.78, 5) is 15.5. The Hall–Kier alpha value is -3.00. The van der Waals surface area contributed by atoms with E-state index < -0.39 is 0 Å². The number of benzene rings is 3. The van der Waals surface area contributed by atoms with E-state index in [4.69, 9.17) is 17.3 Å².